The number of ether oxygens (including phenoxy) is 2. The fraction of sp³-hybridized carbons (Fsp3) is 0.714. The van der Waals surface area contributed by atoms with Gasteiger partial charge in [-0.2, -0.15) is 0 Å². The largest absolute Gasteiger partial charge is 0.481 e. The van der Waals surface area contributed by atoms with Gasteiger partial charge in [-0.3, -0.25) is 9.59 Å². The van der Waals surface area contributed by atoms with Crippen molar-refractivity contribution < 1.29 is 49.1 Å². The highest BCUT2D eigenvalue weighted by Gasteiger charge is 2.66. The van der Waals surface area contributed by atoms with E-state index in [0.717, 1.165) is 0 Å². The van der Waals surface area contributed by atoms with Gasteiger partial charge in [-0.25, -0.2) is 9.59 Å². The summed E-state index contributed by atoms with van der Waals surface area (Å²) in [4.78, 5) is 46.0. The van der Waals surface area contributed by atoms with Crippen molar-refractivity contribution >= 4 is 23.9 Å². The molecule has 0 fully saturated rings. The van der Waals surface area contributed by atoms with Crippen LogP contribution in [-0.4, -0.2) is 68.7 Å². The molecule has 0 aliphatic heterocycles. The lowest BCUT2D eigenvalue weighted by Gasteiger charge is -2.42. The van der Waals surface area contributed by atoms with Gasteiger partial charge in [-0.1, -0.05) is 13.8 Å². The zero-order chi connectivity index (χ0) is 19.0. The van der Waals surface area contributed by atoms with Crippen LogP contribution in [0.3, 0.4) is 0 Å². The molecule has 0 aromatic carbocycles. The number of aliphatic carboxylic acids is 4. The van der Waals surface area contributed by atoms with Crippen molar-refractivity contribution in [3.05, 3.63) is 0 Å². The molecule has 4 N–H and O–H groups in total. The first-order chi connectivity index (χ1) is 11.1. The lowest BCUT2D eigenvalue weighted by molar-refractivity contribution is -0.236. The molecule has 0 amide bonds. The Balaban J connectivity index is 6.46. The molecule has 10 nitrogen and oxygen atoms in total. The highest BCUT2D eigenvalue weighted by Crippen LogP contribution is 2.38. The molecule has 0 aliphatic rings. The van der Waals surface area contributed by atoms with Gasteiger partial charge < -0.3 is 29.9 Å². The molecule has 2 unspecified atom stereocenters. The standard InChI is InChI=1S/C14H22O10/c1-3-5-23-13(11(19)20,7-9(15)16)14(12(21)22,8-10(17)18)24-6-4-2/h3-8H2,1-2H3,(H,15,16)(H,17,18)(H,19,20)(H,21,22). The first kappa shape index (κ1) is 21.8. The number of carboxylic acids is 4. The molecule has 24 heavy (non-hydrogen) atoms. The Hall–Kier alpha value is -2.20. The summed E-state index contributed by atoms with van der Waals surface area (Å²) in [7, 11) is 0. The van der Waals surface area contributed by atoms with Crippen LogP contribution in [0.1, 0.15) is 39.5 Å². The van der Waals surface area contributed by atoms with E-state index in [2.05, 4.69) is 0 Å². The topological polar surface area (TPSA) is 168 Å². The predicted octanol–water partition coefficient (Wildman–Crippen LogP) is 0.436. The fourth-order valence-electron chi connectivity index (χ4n) is 2.22. The van der Waals surface area contributed by atoms with Gasteiger partial charge in [0.2, 0.25) is 11.2 Å². The van der Waals surface area contributed by atoms with Crippen molar-refractivity contribution in [1.29, 1.82) is 0 Å². The van der Waals surface area contributed by atoms with E-state index in [9.17, 15) is 29.4 Å². The molecule has 10 heteroatoms. The third-order valence-electron chi connectivity index (χ3n) is 3.25. The SMILES string of the molecule is CCCOC(CC(=O)O)(C(=O)O)C(CC(=O)O)(OCCC)C(=O)O. The molecule has 0 aromatic heterocycles. The minimum absolute atomic E-state index is 0.255. The first-order valence-corrected chi connectivity index (χ1v) is 7.27. The van der Waals surface area contributed by atoms with Gasteiger partial charge >= 0.3 is 23.9 Å². The third-order valence-corrected chi connectivity index (χ3v) is 3.25. The first-order valence-electron chi connectivity index (χ1n) is 7.27. The third kappa shape index (κ3) is 4.65. The predicted molar refractivity (Wildman–Crippen MR) is 77.7 cm³/mol. The summed E-state index contributed by atoms with van der Waals surface area (Å²) in [6.45, 7) is 2.62. The Morgan fingerprint density at radius 3 is 1.17 bits per heavy atom. The van der Waals surface area contributed by atoms with Gasteiger partial charge in [-0.05, 0) is 12.8 Å². The van der Waals surface area contributed by atoms with E-state index in [-0.39, 0.29) is 26.1 Å². The average molecular weight is 350 g/mol. The van der Waals surface area contributed by atoms with Crippen molar-refractivity contribution in [2.45, 2.75) is 50.7 Å². The van der Waals surface area contributed by atoms with Gasteiger partial charge in [0.05, 0.1) is 12.8 Å². The second-order valence-electron chi connectivity index (χ2n) is 5.10. The van der Waals surface area contributed by atoms with E-state index in [1.54, 1.807) is 13.8 Å². The maximum atomic E-state index is 11.8. The van der Waals surface area contributed by atoms with Crippen LogP contribution in [0.4, 0.5) is 0 Å². The van der Waals surface area contributed by atoms with Crippen LogP contribution in [0.15, 0.2) is 0 Å². The van der Waals surface area contributed by atoms with Gasteiger partial charge in [0.1, 0.15) is 0 Å². The molecule has 0 radical (unpaired) electrons. The number of carbonyl (C=O) groups is 4. The van der Waals surface area contributed by atoms with Gasteiger partial charge in [0.25, 0.3) is 0 Å². The monoisotopic (exact) mass is 350 g/mol. The van der Waals surface area contributed by atoms with Crippen molar-refractivity contribution in [2.24, 2.45) is 0 Å². The summed E-state index contributed by atoms with van der Waals surface area (Å²) < 4.78 is 10.3. The summed E-state index contributed by atoms with van der Waals surface area (Å²) >= 11 is 0. The minimum Gasteiger partial charge on any atom is -0.481 e. The van der Waals surface area contributed by atoms with E-state index in [4.69, 9.17) is 19.7 Å². The van der Waals surface area contributed by atoms with E-state index >= 15 is 0 Å². The molecule has 0 heterocycles. The lowest BCUT2D eigenvalue weighted by Crippen LogP contribution is -2.68. The van der Waals surface area contributed by atoms with Crippen molar-refractivity contribution in [3.8, 4) is 0 Å². The highest BCUT2D eigenvalue weighted by molar-refractivity contribution is 5.96. The Morgan fingerprint density at radius 2 is 1.00 bits per heavy atom. The summed E-state index contributed by atoms with van der Waals surface area (Å²) in [5.41, 5.74) is -5.79. The van der Waals surface area contributed by atoms with E-state index in [0.29, 0.717) is 0 Å². The second-order valence-corrected chi connectivity index (χ2v) is 5.10. The number of hydrogen-bond acceptors (Lipinski definition) is 6. The van der Waals surface area contributed by atoms with Crippen molar-refractivity contribution in [3.63, 3.8) is 0 Å². The van der Waals surface area contributed by atoms with Crippen LogP contribution < -0.4 is 0 Å². The zero-order valence-electron chi connectivity index (χ0n) is 13.5. The second kappa shape index (κ2) is 9.18. The van der Waals surface area contributed by atoms with Crippen LogP contribution in [0.25, 0.3) is 0 Å². The molecule has 0 saturated heterocycles. The molecule has 0 spiro atoms. The van der Waals surface area contributed by atoms with Crippen LogP contribution >= 0.6 is 0 Å². The highest BCUT2D eigenvalue weighted by atomic mass is 16.6. The number of hydrogen-bond donors (Lipinski definition) is 4. The van der Waals surface area contributed by atoms with Gasteiger partial charge in [0, 0.05) is 13.2 Å². The van der Waals surface area contributed by atoms with Crippen LogP contribution in [0.5, 0.6) is 0 Å². The zero-order valence-corrected chi connectivity index (χ0v) is 13.5. The molecule has 0 aromatic rings. The Bertz CT molecular complexity index is 444. The van der Waals surface area contributed by atoms with Crippen molar-refractivity contribution in [2.75, 3.05) is 13.2 Å². The number of carboxylic acid groups (broad SMARTS) is 4. The van der Waals surface area contributed by atoms with Gasteiger partial charge in [-0.15, -0.1) is 0 Å². The summed E-state index contributed by atoms with van der Waals surface area (Å²) in [5, 5.41) is 37.3. The van der Waals surface area contributed by atoms with E-state index < -0.39 is 47.9 Å². The average Bonchev–Trinajstić information content (AvgIpc) is 2.46. The molecule has 0 rings (SSSR count). The summed E-state index contributed by atoms with van der Waals surface area (Å²) in [5.74, 6) is -7.16. The smallest absolute Gasteiger partial charge is 0.340 e. The summed E-state index contributed by atoms with van der Waals surface area (Å²) in [6.07, 6.45) is -2.03. The maximum absolute atomic E-state index is 11.8. The normalized spacial score (nSPS) is 15.9. The quantitative estimate of drug-likeness (QED) is 0.365. The molecular weight excluding hydrogens is 328 g/mol. The Labute approximate surface area is 138 Å². The van der Waals surface area contributed by atoms with E-state index in [1.165, 1.54) is 0 Å². The molecule has 0 aliphatic carbocycles. The van der Waals surface area contributed by atoms with Crippen LogP contribution in [0.2, 0.25) is 0 Å². The maximum Gasteiger partial charge on any atom is 0.340 e. The van der Waals surface area contributed by atoms with Crippen LogP contribution in [0, 0.1) is 0 Å². The molecular formula is C14H22O10. The molecule has 0 bridgehead atoms. The van der Waals surface area contributed by atoms with E-state index in [1.807, 2.05) is 0 Å². The Kier molecular flexibility index (Phi) is 8.34. The Morgan fingerprint density at radius 1 is 0.708 bits per heavy atom. The van der Waals surface area contributed by atoms with Gasteiger partial charge in [0.15, 0.2) is 0 Å². The number of rotatable bonds is 13. The molecule has 0 saturated carbocycles. The lowest BCUT2D eigenvalue weighted by atomic mass is 9.77. The summed E-state index contributed by atoms with van der Waals surface area (Å²) in [6, 6.07) is 0. The minimum atomic E-state index is -2.89. The fourth-order valence-corrected chi connectivity index (χ4v) is 2.22. The van der Waals surface area contributed by atoms with Crippen LogP contribution in [-0.2, 0) is 28.7 Å². The van der Waals surface area contributed by atoms with Crippen molar-refractivity contribution in [1.82, 2.24) is 0 Å². The molecule has 2 atom stereocenters. The molecule has 138 valence electrons.